The van der Waals surface area contributed by atoms with Crippen molar-refractivity contribution in [3.63, 3.8) is 0 Å². The lowest BCUT2D eigenvalue weighted by Crippen LogP contribution is -2.12. The van der Waals surface area contributed by atoms with Crippen molar-refractivity contribution in [2.45, 2.75) is 0 Å². The van der Waals surface area contributed by atoms with Crippen LogP contribution in [0.3, 0.4) is 0 Å². The highest BCUT2D eigenvalue weighted by molar-refractivity contribution is 9.11. The third-order valence-corrected chi connectivity index (χ3v) is 6.56. The number of aliphatic imine (C=N–C) groups is 1. The molecular weight excluding hydrogens is 574 g/mol. The summed E-state index contributed by atoms with van der Waals surface area (Å²) in [6, 6.07) is 26.3. The predicted molar refractivity (Wildman–Crippen MR) is 143 cm³/mol. The van der Waals surface area contributed by atoms with Crippen molar-refractivity contribution in [2.75, 3.05) is 6.61 Å². The number of cyclic esters (lactones) is 1. The minimum absolute atomic E-state index is 0.104. The van der Waals surface area contributed by atoms with Crippen molar-refractivity contribution >= 4 is 66.4 Å². The second kappa shape index (κ2) is 9.98. The normalized spacial score (nSPS) is 14.2. The number of Topliss-reactive ketones (excluding diaryl/α,β-unsaturated/α-hetero) is 1. The van der Waals surface area contributed by atoms with Crippen LogP contribution in [-0.2, 0) is 9.53 Å². The van der Waals surface area contributed by atoms with E-state index in [9.17, 15) is 9.59 Å². The van der Waals surface area contributed by atoms with Gasteiger partial charge in [-0.3, -0.25) is 4.79 Å². The Hall–Kier alpha value is -3.55. The summed E-state index contributed by atoms with van der Waals surface area (Å²) in [5.74, 6) is 0.115. The molecule has 0 aliphatic carbocycles. The van der Waals surface area contributed by atoms with Crippen LogP contribution in [0.5, 0.6) is 5.75 Å². The zero-order valence-electron chi connectivity index (χ0n) is 18.2. The highest BCUT2D eigenvalue weighted by Crippen LogP contribution is 2.36. The Morgan fingerprint density at radius 2 is 1.57 bits per heavy atom. The quantitative estimate of drug-likeness (QED) is 0.138. The van der Waals surface area contributed by atoms with Crippen molar-refractivity contribution in [2.24, 2.45) is 4.99 Å². The number of hydrogen-bond donors (Lipinski definition) is 0. The second-order valence-electron chi connectivity index (χ2n) is 7.79. The number of carbonyl (C=O) groups is 2. The van der Waals surface area contributed by atoms with E-state index in [0.717, 1.165) is 16.3 Å². The van der Waals surface area contributed by atoms with Crippen LogP contribution in [0, 0.1) is 0 Å². The predicted octanol–water partition coefficient (Wildman–Crippen LogP) is 6.97. The number of hydrogen-bond acceptors (Lipinski definition) is 5. The molecule has 4 aromatic rings. The van der Waals surface area contributed by atoms with E-state index in [2.05, 4.69) is 36.9 Å². The number of nitrogens with zero attached hydrogens (tertiary/aromatic N) is 1. The number of ether oxygens (including phenoxy) is 2. The van der Waals surface area contributed by atoms with Crippen molar-refractivity contribution in [3.8, 4) is 5.75 Å². The Balaban J connectivity index is 1.36. The summed E-state index contributed by atoms with van der Waals surface area (Å²) >= 11 is 6.99. The lowest BCUT2D eigenvalue weighted by atomic mass is 10.1. The Kier molecular flexibility index (Phi) is 6.61. The van der Waals surface area contributed by atoms with Gasteiger partial charge in [0, 0.05) is 11.1 Å². The summed E-state index contributed by atoms with van der Waals surface area (Å²) in [6.07, 6.45) is 1.64. The topological polar surface area (TPSA) is 65.0 Å². The highest BCUT2D eigenvalue weighted by atomic mass is 79.9. The van der Waals surface area contributed by atoms with E-state index < -0.39 is 5.97 Å². The highest BCUT2D eigenvalue weighted by Gasteiger charge is 2.24. The first-order valence-electron chi connectivity index (χ1n) is 10.7. The molecule has 5 rings (SSSR count). The molecular formula is C28H17Br2NO4. The monoisotopic (exact) mass is 589 g/mol. The first-order chi connectivity index (χ1) is 17.0. The fourth-order valence-electron chi connectivity index (χ4n) is 3.66. The summed E-state index contributed by atoms with van der Waals surface area (Å²) < 4.78 is 12.4. The van der Waals surface area contributed by atoms with Crippen molar-refractivity contribution in [1.82, 2.24) is 0 Å². The molecule has 0 bridgehead atoms. The molecule has 0 spiro atoms. The second-order valence-corrected chi connectivity index (χ2v) is 9.50. The van der Waals surface area contributed by atoms with Crippen molar-refractivity contribution < 1.29 is 19.1 Å². The van der Waals surface area contributed by atoms with E-state index in [0.29, 0.717) is 25.8 Å². The lowest BCUT2D eigenvalue weighted by Gasteiger charge is -2.11. The minimum atomic E-state index is -0.519. The molecule has 0 amide bonds. The maximum absolute atomic E-state index is 12.5. The van der Waals surface area contributed by atoms with Gasteiger partial charge in [-0.1, -0.05) is 60.7 Å². The van der Waals surface area contributed by atoms with Gasteiger partial charge in [-0.05, 0) is 78.5 Å². The molecule has 1 aliphatic rings. The van der Waals surface area contributed by atoms with Crippen molar-refractivity contribution in [3.05, 3.63) is 116 Å². The van der Waals surface area contributed by atoms with Crippen LogP contribution in [0.4, 0.5) is 0 Å². The van der Waals surface area contributed by atoms with Gasteiger partial charge < -0.3 is 9.47 Å². The van der Waals surface area contributed by atoms with E-state index in [-0.39, 0.29) is 24.0 Å². The van der Waals surface area contributed by atoms with Crippen LogP contribution >= 0.6 is 31.9 Å². The summed E-state index contributed by atoms with van der Waals surface area (Å²) in [6.45, 7) is -0.104. The fourth-order valence-corrected chi connectivity index (χ4v) is 5.11. The van der Waals surface area contributed by atoms with Crippen LogP contribution in [0.15, 0.2) is 105 Å². The van der Waals surface area contributed by atoms with Crippen LogP contribution in [0.1, 0.15) is 21.5 Å². The van der Waals surface area contributed by atoms with Gasteiger partial charge in [0.05, 0.1) is 8.95 Å². The Morgan fingerprint density at radius 3 is 2.31 bits per heavy atom. The largest absolute Gasteiger partial charge is 0.483 e. The molecule has 1 aliphatic heterocycles. The maximum Gasteiger partial charge on any atom is 0.363 e. The van der Waals surface area contributed by atoms with Crippen molar-refractivity contribution in [1.29, 1.82) is 0 Å². The van der Waals surface area contributed by atoms with Gasteiger partial charge in [-0.15, -0.1) is 0 Å². The van der Waals surface area contributed by atoms with E-state index in [1.54, 1.807) is 30.3 Å². The van der Waals surface area contributed by atoms with Gasteiger partial charge in [0.2, 0.25) is 5.90 Å². The average molecular weight is 591 g/mol. The standard InChI is InChI=1S/C28H17Br2NO4/c29-22-12-17(13-23(30)26(22)34-16-25(32)19-7-2-1-3-8-19)14-24-28(33)35-27(31-24)21-11-10-18-6-4-5-9-20(18)15-21/h1-15H,16H2/b24-14-. The smallest absolute Gasteiger partial charge is 0.363 e. The molecule has 0 saturated carbocycles. The third kappa shape index (κ3) is 5.11. The molecule has 35 heavy (non-hydrogen) atoms. The molecule has 0 radical (unpaired) electrons. The average Bonchev–Trinajstić information content (AvgIpc) is 3.23. The first-order valence-corrected chi connectivity index (χ1v) is 12.3. The van der Waals surface area contributed by atoms with Crippen LogP contribution in [-0.4, -0.2) is 24.3 Å². The van der Waals surface area contributed by atoms with Crippen LogP contribution in [0.25, 0.3) is 16.8 Å². The van der Waals surface area contributed by atoms with Gasteiger partial charge in [-0.2, -0.15) is 0 Å². The summed E-state index contributed by atoms with van der Waals surface area (Å²) in [7, 11) is 0. The molecule has 0 atom stereocenters. The number of ketones is 1. The number of esters is 1. The van der Waals surface area contributed by atoms with Gasteiger partial charge in [0.25, 0.3) is 0 Å². The Bertz CT molecular complexity index is 1500. The molecule has 0 fully saturated rings. The number of halogens is 2. The molecule has 0 aromatic heterocycles. The molecule has 0 N–H and O–H groups in total. The zero-order valence-corrected chi connectivity index (χ0v) is 21.4. The SMILES string of the molecule is O=C1OC(c2ccc3ccccc3c2)=N/C1=C\c1cc(Br)c(OCC(=O)c2ccccc2)c(Br)c1. The summed E-state index contributed by atoms with van der Waals surface area (Å²) in [4.78, 5) is 29.3. The lowest BCUT2D eigenvalue weighted by molar-refractivity contribution is -0.129. The molecule has 1 heterocycles. The number of carbonyl (C=O) groups excluding carboxylic acids is 2. The minimum Gasteiger partial charge on any atom is -0.483 e. The molecule has 172 valence electrons. The molecule has 7 heteroatoms. The molecule has 0 unspecified atom stereocenters. The maximum atomic E-state index is 12.5. The summed E-state index contributed by atoms with van der Waals surface area (Å²) in [5.41, 5.74) is 2.22. The number of fused-ring (bicyclic) bond motifs is 1. The van der Waals surface area contributed by atoms with E-state index in [1.165, 1.54) is 0 Å². The number of rotatable bonds is 6. The number of benzene rings is 4. The summed E-state index contributed by atoms with van der Waals surface area (Å²) in [5, 5.41) is 2.13. The molecule has 5 nitrogen and oxygen atoms in total. The first kappa shape index (κ1) is 23.2. The van der Waals surface area contributed by atoms with E-state index in [1.807, 2.05) is 60.7 Å². The fraction of sp³-hybridized carbons (Fsp3) is 0.0357. The van der Waals surface area contributed by atoms with E-state index >= 15 is 0 Å². The van der Waals surface area contributed by atoms with E-state index in [4.69, 9.17) is 9.47 Å². The molecule has 4 aromatic carbocycles. The van der Waals surface area contributed by atoms with Gasteiger partial charge in [0.15, 0.2) is 18.1 Å². The Morgan fingerprint density at radius 1 is 0.886 bits per heavy atom. The van der Waals surface area contributed by atoms with Gasteiger partial charge >= 0.3 is 5.97 Å². The molecule has 0 saturated heterocycles. The van der Waals surface area contributed by atoms with Gasteiger partial charge in [-0.25, -0.2) is 9.79 Å². The zero-order chi connectivity index (χ0) is 24.4. The van der Waals surface area contributed by atoms with Crippen LogP contribution < -0.4 is 4.74 Å². The van der Waals surface area contributed by atoms with Gasteiger partial charge in [0.1, 0.15) is 5.75 Å². The van der Waals surface area contributed by atoms with Crippen LogP contribution in [0.2, 0.25) is 0 Å². The third-order valence-electron chi connectivity index (χ3n) is 5.38. The Labute approximate surface area is 218 Å².